The highest BCUT2D eigenvalue weighted by atomic mass is 79.9. The lowest BCUT2D eigenvalue weighted by Gasteiger charge is -2.20. The SMILES string of the molecule is CNC(Cc1ccc(Cl)cc1F)c1cccc(Br)c1C. The van der Waals surface area contributed by atoms with E-state index in [2.05, 4.69) is 34.2 Å². The first kappa shape index (κ1) is 15.5. The third-order valence-electron chi connectivity index (χ3n) is 3.47. The molecule has 1 unspecified atom stereocenters. The molecule has 2 aromatic rings. The highest BCUT2D eigenvalue weighted by Gasteiger charge is 2.16. The maximum Gasteiger partial charge on any atom is 0.127 e. The molecule has 0 aromatic heterocycles. The molecule has 0 bridgehead atoms. The summed E-state index contributed by atoms with van der Waals surface area (Å²) in [6, 6.07) is 11.0. The van der Waals surface area contributed by atoms with Crippen LogP contribution >= 0.6 is 27.5 Å². The van der Waals surface area contributed by atoms with Crippen LogP contribution in [0.3, 0.4) is 0 Å². The van der Waals surface area contributed by atoms with Crippen LogP contribution in [-0.2, 0) is 6.42 Å². The van der Waals surface area contributed by atoms with Crippen LogP contribution < -0.4 is 5.32 Å². The summed E-state index contributed by atoms with van der Waals surface area (Å²) in [5.74, 6) is -0.259. The smallest absolute Gasteiger partial charge is 0.127 e. The van der Waals surface area contributed by atoms with E-state index in [1.807, 2.05) is 19.2 Å². The minimum Gasteiger partial charge on any atom is -0.313 e. The van der Waals surface area contributed by atoms with Gasteiger partial charge in [0.2, 0.25) is 0 Å². The maximum atomic E-state index is 13.9. The van der Waals surface area contributed by atoms with Gasteiger partial charge in [-0.05, 0) is 55.3 Å². The molecule has 0 spiro atoms. The van der Waals surface area contributed by atoms with Gasteiger partial charge in [0.25, 0.3) is 0 Å². The van der Waals surface area contributed by atoms with Crippen LogP contribution in [0.25, 0.3) is 0 Å². The summed E-state index contributed by atoms with van der Waals surface area (Å²) < 4.78 is 15.0. The lowest BCUT2D eigenvalue weighted by molar-refractivity contribution is 0.552. The molecule has 106 valence electrons. The molecule has 2 aromatic carbocycles. The van der Waals surface area contributed by atoms with Crippen molar-refractivity contribution < 1.29 is 4.39 Å². The van der Waals surface area contributed by atoms with Crippen LogP contribution in [0, 0.1) is 12.7 Å². The molecule has 0 fully saturated rings. The molecule has 0 radical (unpaired) electrons. The second kappa shape index (κ2) is 6.70. The normalized spacial score (nSPS) is 12.4. The fourth-order valence-electron chi connectivity index (χ4n) is 2.28. The molecule has 0 heterocycles. The Hall–Kier alpha value is -0.900. The Morgan fingerprint density at radius 2 is 2.05 bits per heavy atom. The number of hydrogen-bond donors (Lipinski definition) is 1. The summed E-state index contributed by atoms with van der Waals surface area (Å²) in [6.07, 6.45) is 0.580. The van der Waals surface area contributed by atoms with Gasteiger partial charge in [-0.25, -0.2) is 4.39 Å². The van der Waals surface area contributed by atoms with E-state index in [-0.39, 0.29) is 11.9 Å². The Labute approximate surface area is 132 Å². The lowest BCUT2D eigenvalue weighted by Crippen LogP contribution is -2.20. The van der Waals surface area contributed by atoms with Gasteiger partial charge in [0.1, 0.15) is 5.82 Å². The van der Waals surface area contributed by atoms with E-state index in [0.29, 0.717) is 17.0 Å². The number of halogens is 3. The Balaban J connectivity index is 2.31. The molecule has 0 saturated carbocycles. The molecule has 1 N–H and O–H groups in total. The molecule has 1 atom stereocenters. The van der Waals surface area contributed by atoms with E-state index in [0.717, 1.165) is 10.0 Å². The van der Waals surface area contributed by atoms with E-state index >= 15 is 0 Å². The van der Waals surface area contributed by atoms with E-state index < -0.39 is 0 Å². The molecule has 0 amide bonds. The van der Waals surface area contributed by atoms with Gasteiger partial charge in [0.15, 0.2) is 0 Å². The first-order valence-corrected chi connectivity index (χ1v) is 7.56. The molecule has 0 aliphatic carbocycles. The lowest BCUT2D eigenvalue weighted by atomic mass is 9.95. The number of benzene rings is 2. The molecule has 0 aliphatic rings. The number of rotatable bonds is 4. The second-order valence-electron chi connectivity index (χ2n) is 4.74. The second-order valence-corrected chi connectivity index (χ2v) is 6.03. The monoisotopic (exact) mass is 355 g/mol. The van der Waals surface area contributed by atoms with Gasteiger partial charge in [-0.3, -0.25) is 0 Å². The quantitative estimate of drug-likeness (QED) is 0.808. The zero-order valence-electron chi connectivity index (χ0n) is 11.4. The van der Waals surface area contributed by atoms with Crippen LogP contribution in [0.1, 0.15) is 22.7 Å². The van der Waals surface area contributed by atoms with Crippen LogP contribution in [0.15, 0.2) is 40.9 Å². The first-order chi connectivity index (χ1) is 9.52. The van der Waals surface area contributed by atoms with Crippen molar-refractivity contribution in [2.24, 2.45) is 0 Å². The van der Waals surface area contributed by atoms with Crippen molar-refractivity contribution in [3.63, 3.8) is 0 Å². The van der Waals surface area contributed by atoms with E-state index in [1.165, 1.54) is 11.6 Å². The first-order valence-electron chi connectivity index (χ1n) is 6.39. The van der Waals surface area contributed by atoms with E-state index in [4.69, 9.17) is 11.6 Å². The van der Waals surface area contributed by atoms with Crippen molar-refractivity contribution in [1.29, 1.82) is 0 Å². The zero-order valence-corrected chi connectivity index (χ0v) is 13.7. The zero-order chi connectivity index (χ0) is 14.7. The van der Waals surface area contributed by atoms with Crippen LogP contribution in [-0.4, -0.2) is 7.05 Å². The van der Waals surface area contributed by atoms with E-state index in [9.17, 15) is 4.39 Å². The van der Waals surface area contributed by atoms with Gasteiger partial charge in [-0.1, -0.05) is 45.7 Å². The standard InChI is InChI=1S/C16H16BrClFN/c1-10-13(4-3-5-14(10)17)16(20-2)8-11-6-7-12(18)9-15(11)19/h3-7,9,16,20H,8H2,1-2H3. The summed E-state index contributed by atoms with van der Waals surface area (Å²) in [7, 11) is 1.89. The highest BCUT2D eigenvalue weighted by molar-refractivity contribution is 9.10. The molecule has 0 saturated heterocycles. The third kappa shape index (κ3) is 3.40. The summed E-state index contributed by atoms with van der Waals surface area (Å²) in [6.45, 7) is 2.06. The van der Waals surface area contributed by atoms with Gasteiger partial charge in [-0.2, -0.15) is 0 Å². The Bertz CT molecular complexity index is 615. The minimum absolute atomic E-state index is 0.0585. The number of likely N-dealkylation sites (N-methyl/N-ethyl adjacent to an activating group) is 1. The third-order valence-corrected chi connectivity index (χ3v) is 4.57. The number of hydrogen-bond acceptors (Lipinski definition) is 1. The topological polar surface area (TPSA) is 12.0 Å². The van der Waals surface area contributed by atoms with Gasteiger partial charge in [0, 0.05) is 15.5 Å². The summed E-state index contributed by atoms with van der Waals surface area (Å²) in [5.41, 5.74) is 2.99. The summed E-state index contributed by atoms with van der Waals surface area (Å²) in [5, 5.41) is 3.68. The Morgan fingerprint density at radius 3 is 2.70 bits per heavy atom. The molecule has 4 heteroatoms. The van der Waals surface area contributed by atoms with Gasteiger partial charge >= 0.3 is 0 Å². The fourth-order valence-corrected chi connectivity index (χ4v) is 2.82. The average molecular weight is 357 g/mol. The van der Waals surface area contributed by atoms with Crippen LogP contribution in [0.5, 0.6) is 0 Å². The maximum absolute atomic E-state index is 13.9. The van der Waals surface area contributed by atoms with Gasteiger partial charge < -0.3 is 5.32 Å². The minimum atomic E-state index is -0.259. The van der Waals surface area contributed by atoms with E-state index in [1.54, 1.807) is 12.1 Å². The van der Waals surface area contributed by atoms with Crippen molar-refractivity contribution in [2.75, 3.05) is 7.05 Å². The molecular weight excluding hydrogens is 341 g/mol. The fraction of sp³-hybridized carbons (Fsp3) is 0.250. The average Bonchev–Trinajstić information content (AvgIpc) is 2.42. The van der Waals surface area contributed by atoms with Gasteiger partial charge in [-0.15, -0.1) is 0 Å². The molecular formula is C16H16BrClFN. The molecule has 0 aliphatic heterocycles. The van der Waals surface area contributed by atoms with Crippen molar-refractivity contribution in [1.82, 2.24) is 5.32 Å². The summed E-state index contributed by atoms with van der Waals surface area (Å²) in [4.78, 5) is 0. The van der Waals surface area contributed by atoms with Crippen LogP contribution in [0.2, 0.25) is 5.02 Å². The van der Waals surface area contributed by atoms with Crippen molar-refractivity contribution >= 4 is 27.5 Å². The van der Waals surface area contributed by atoms with Crippen LogP contribution in [0.4, 0.5) is 4.39 Å². The van der Waals surface area contributed by atoms with Crippen molar-refractivity contribution in [2.45, 2.75) is 19.4 Å². The molecule has 2 rings (SSSR count). The van der Waals surface area contributed by atoms with Gasteiger partial charge in [0.05, 0.1) is 0 Å². The largest absolute Gasteiger partial charge is 0.313 e. The number of nitrogens with one attached hydrogen (secondary N) is 1. The highest BCUT2D eigenvalue weighted by Crippen LogP contribution is 2.28. The predicted molar refractivity (Wildman–Crippen MR) is 85.8 cm³/mol. The Morgan fingerprint density at radius 1 is 1.30 bits per heavy atom. The molecule has 1 nitrogen and oxygen atoms in total. The Kier molecular flexibility index (Phi) is 5.19. The molecule has 20 heavy (non-hydrogen) atoms. The van der Waals surface area contributed by atoms with Crippen molar-refractivity contribution in [3.05, 3.63) is 68.4 Å². The predicted octanol–water partition coefficient (Wildman–Crippen LogP) is 5.05. The summed E-state index contributed by atoms with van der Waals surface area (Å²) >= 11 is 9.32. The van der Waals surface area contributed by atoms with Crippen molar-refractivity contribution in [3.8, 4) is 0 Å².